The molecule has 0 atom stereocenters. The smallest absolute Gasteiger partial charge is 0.435 e. The Morgan fingerprint density at radius 3 is 1.00 bits per heavy atom. The molecule has 0 N–H and O–H groups in total. The van der Waals surface area contributed by atoms with Gasteiger partial charge in [-0.3, -0.25) is 0 Å². The minimum Gasteiger partial charge on any atom is -0.435 e. The summed E-state index contributed by atoms with van der Waals surface area (Å²) >= 11 is 0. The molecule has 0 radical (unpaired) electrons. The van der Waals surface area contributed by atoms with Crippen LogP contribution >= 0.6 is 7.82 Å². The summed E-state index contributed by atoms with van der Waals surface area (Å²) in [5.74, 6) is -2.85. The van der Waals surface area contributed by atoms with Crippen LogP contribution in [0, 0.1) is 17.8 Å². The fraction of sp³-hybridized carbons (Fsp3) is 0.571. The van der Waals surface area contributed by atoms with Crippen molar-refractivity contribution in [3.63, 3.8) is 0 Å². The minimum absolute atomic E-state index is 0.174. The summed E-state index contributed by atoms with van der Waals surface area (Å²) in [6.07, 6.45) is 0. The Bertz CT molecular complexity index is 667. The highest BCUT2D eigenvalue weighted by Gasteiger charge is 2.30. The molecule has 0 spiro atoms. The van der Waals surface area contributed by atoms with Crippen molar-refractivity contribution in [1.82, 2.24) is 0 Å². The second kappa shape index (κ2) is 14.0. The number of phosphoric acid groups is 1. The molecule has 0 aromatic rings. The molecular formula is C21H33O10P. The Morgan fingerprint density at radius 1 is 0.594 bits per heavy atom. The van der Waals surface area contributed by atoms with Gasteiger partial charge in [0.1, 0.15) is 0 Å². The quantitative estimate of drug-likeness (QED) is 0.111. The summed E-state index contributed by atoms with van der Waals surface area (Å²) < 4.78 is 41.9. The molecule has 0 amide bonds. The predicted octanol–water partition coefficient (Wildman–Crippen LogP) is 4.28. The van der Waals surface area contributed by atoms with E-state index in [1.165, 1.54) is 0 Å². The third-order valence-electron chi connectivity index (χ3n) is 4.08. The number of carbonyl (C=O) groups is 3. The molecule has 11 heteroatoms. The van der Waals surface area contributed by atoms with Crippen molar-refractivity contribution < 1.29 is 46.7 Å². The van der Waals surface area contributed by atoms with Gasteiger partial charge < -0.3 is 14.2 Å². The molecule has 0 fully saturated rings. The lowest BCUT2D eigenvalue weighted by molar-refractivity contribution is -0.152. The van der Waals surface area contributed by atoms with Crippen LogP contribution in [-0.2, 0) is 46.7 Å². The lowest BCUT2D eigenvalue weighted by Gasteiger charge is -2.19. The van der Waals surface area contributed by atoms with E-state index in [4.69, 9.17) is 27.8 Å². The van der Waals surface area contributed by atoms with Crippen molar-refractivity contribution in [1.29, 1.82) is 0 Å². The molecule has 0 saturated carbocycles. The van der Waals surface area contributed by atoms with Crippen LogP contribution in [0.3, 0.4) is 0 Å². The molecule has 0 heterocycles. The van der Waals surface area contributed by atoms with Crippen LogP contribution in [0.4, 0.5) is 0 Å². The Hall–Kier alpha value is -2.26. The van der Waals surface area contributed by atoms with Gasteiger partial charge in [0.05, 0.1) is 0 Å². The molecule has 0 aliphatic rings. The first kappa shape index (κ1) is 29.7. The zero-order chi connectivity index (χ0) is 25.1. The van der Waals surface area contributed by atoms with Gasteiger partial charge in [0, 0.05) is 16.7 Å². The molecule has 182 valence electrons. The van der Waals surface area contributed by atoms with E-state index in [1.54, 1.807) is 41.5 Å². The van der Waals surface area contributed by atoms with E-state index in [-0.39, 0.29) is 34.5 Å². The third kappa shape index (κ3) is 10.9. The second-order valence-electron chi connectivity index (χ2n) is 7.52. The lowest BCUT2D eigenvalue weighted by atomic mass is 10.1. The summed E-state index contributed by atoms with van der Waals surface area (Å²) in [6.45, 7) is 18.7. The van der Waals surface area contributed by atoms with Crippen LogP contribution in [0.25, 0.3) is 0 Å². The maximum absolute atomic E-state index is 12.8. The van der Waals surface area contributed by atoms with E-state index in [1.807, 2.05) is 0 Å². The molecular weight excluding hydrogens is 443 g/mol. The average molecular weight is 476 g/mol. The monoisotopic (exact) mass is 476 g/mol. The number of hydrogen-bond donors (Lipinski definition) is 0. The molecule has 0 rings (SSSR count). The highest BCUT2D eigenvalue weighted by atomic mass is 31.2. The molecule has 0 aliphatic heterocycles. The Labute approximate surface area is 189 Å². The summed E-state index contributed by atoms with van der Waals surface area (Å²) in [4.78, 5) is 35.5. The molecule has 10 nitrogen and oxygen atoms in total. The molecule has 32 heavy (non-hydrogen) atoms. The van der Waals surface area contributed by atoms with Crippen molar-refractivity contribution in [2.24, 2.45) is 17.8 Å². The highest BCUT2D eigenvalue weighted by molar-refractivity contribution is 7.48. The van der Waals surface area contributed by atoms with Gasteiger partial charge in [0.25, 0.3) is 0 Å². The van der Waals surface area contributed by atoms with Gasteiger partial charge in [0.15, 0.2) is 0 Å². The number of esters is 3. The minimum atomic E-state index is -4.47. The number of carbonyl (C=O) groups excluding carboxylic acids is 3. The average Bonchev–Trinajstić information content (AvgIpc) is 2.71. The summed E-state index contributed by atoms with van der Waals surface area (Å²) in [7, 11) is -4.47. The Balaban J connectivity index is 4.97. The lowest BCUT2D eigenvalue weighted by Crippen LogP contribution is -2.17. The number of rotatable bonds is 15. The fourth-order valence-corrected chi connectivity index (χ4v) is 2.30. The van der Waals surface area contributed by atoms with Crippen LogP contribution in [0.2, 0.25) is 0 Å². The topological polar surface area (TPSA) is 124 Å². The molecule has 0 aliphatic carbocycles. The van der Waals surface area contributed by atoms with E-state index in [0.717, 1.165) is 0 Å². The first-order valence-electron chi connectivity index (χ1n) is 9.83. The van der Waals surface area contributed by atoms with Crippen molar-refractivity contribution >= 4 is 25.7 Å². The van der Waals surface area contributed by atoms with Crippen molar-refractivity contribution in [3.05, 3.63) is 36.5 Å². The predicted molar refractivity (Wildman–Crippen MR) is 116 cm³/mol. The molecule has 0 aromatic heterocycles. The summed E-state index contributed by atoms with van der Waals surface area (Å²) in [6, 6.07) is 0. The Morgan fingerprint density at radius 2 is 0.812 bits per heavy atom. The van der Waals surface area contributed by atoms with Crippen molar-refractivity contribution in [2.75, 3.05) is 20.4 Å². The van der Waals surface area contributed by atoms with Crippen LogP contribution in [0.15, 0.2) is 36.5 Å². The van der Waals surface area contributed by atoms with E-state index in [0.29, 0.717) is 0 Å². The zero-order valence-corrected chi connectivity index (χ0v) is 20.4. The standard InChI is InChI=1S/C21H33O10P/c1-13(2)16(7)19(22)26-10-29-32(25,30-11-27-20(23)17(8)14(3)4)31-12-28-21(24)18(9)15(5)6/h13-15H,7-12H2,1-6H3. The van der Waals surface area contributed by atoms with E-state index < -0.39 is 46.1 Å². The largest absolute Gasteiger partial charge is 0.483 e. The summed E-state index contributed by atoms with van der Waals surface area (Å²) in [5.41, 5.74) is 0.521. The third-order valence-corrected chi connectivity index (χ3v) is 5.34. The van der Waals surface area contributed by atoms with Gasteiger partial charge in [-0.25, -0.2) is 32.5 Å². The van der Waals surface area contributed by atoms with Crippen LogP contribution in [0.5, 0.6) is 0 Å². The normalized spacial score (nSPS) is 11.4. The van der Waals surface area contributed by atoms with Gasteiger partial charge >= 0.3 is 25.7 Å². The number of hydrogen-bond acceptors (Lipinski definition) is 10. The molecule has 0 aromatic carbocycles. The van der Waals surface area contributed by atoms with Crippen LogP contribution in [-0.4, -0.2) is 38.3 Å². The van der Waals surface area contributed by atoms with Gasteiger partial charge in [-0.15, -0.1) is 0 Å². The number of ether oxygens (including phenoxy) is 3. The van der Waals surface area contributed by atoms with Crippen molar-refractivity contribution in [2.45, 2.75) is 41.5 Å². The second-order valence-corrected chi connectivity index (χ2v) is 9.19. The van der Waals surface area contributed by atoms with E-state index in [9.17, 15) is 18.9 Å². The van der Waals surface area contributed by atoms with Crippen molar-refractivity contribution in [3.8, 4) is 0 Å². The van der Waals surface area contributed by atoms with Crippen LogP contribution < -0.4 is 0 Å². The van der Waals surface area contributed by atoms with Gasteiger partial charge in [-0.05, 0) is 17.8 Å². The Kier molecular flexibility index (Phi) is 13.0. The SMILES string of the molecule is C=C(C(=O)OCOP(=O)(OCOC(=O)C(=C)C(C)C)OCOC(=O)C(=C)C(C)C)C(C)C. The molecule has 0 saturated heterocycles. The van der Waals surface area contributed by atoms with Gasteiger partial charge in [0.2, 0.25) is 20.4 Å². The first-order valence-corrected chi connectivity index (χ1v) is 11.3. The number of phosphoric ester groups is 1. The van der Waals surface area contributed by atoms with E-state index in [2.05, 4.69) is 19.7 Å². The van der Waals surface area contributed by atoms with Crippen LogP contribution in [0.1, 0.15) is 41.5 Å². The van der Waals surface area contributed by atoms with Gasteiger partial charge in [-0.2, -0.15) is 0 Å². The molecule has 0 unspecified atom stereocenters. The van der Waals surface area contributed by atoms with E-state index >= 15 is 0 Å². The highest BCUT2D eigenvalue weighted by Crippen LogP contribution is 2.49. The maximum atomic E-state index is 12.8. The molecule has 0 bridgehead atoms. The zero-order valence-electron chi connectivity index (χ0n) is 19.5. The fourth-order valence-electron chi connectivity index (χ4n) is 1.53. The maximum Gasteiger partial charge on any atom is 0.483 e. The summed E-state index contributed by atoms with van der Waals surface area (Å²) in [5, 5.41) is 0. The first-order chi connectivity index (χ1) is 14.7. The van der Waals surface area contributed by atoms with Gasteiger partial charge in [-0.1, -0.05) is 61.3 Å².